The van der Waals surface area contributed by atoms with Gasteiger partial charge in [-0.25, -0.2) is 4.98 Å². The Kier molecular flexibility index (Phi) is 12.7. The standard InChI is InChI=1S/C11H10ClNO.2C2H6/c1-3-5-10-8(4-2)6-9(7-14)11(12)13-10;2*1-2/h3-7H,1H2,2H3;2*1-2H3/b8-4-,10-5+;;. The molecule has 0 aromatic carbocycles. The molecule has 0 radical (unpaired) electrons. The SMILES string of the molecule is C=C/C=c1/nc(Cl)c(C=O)c/c1=C/C.CC.CC. The minimum atomic E-state index is 0.221. The molecule has 1 aromatic rings. The number of carbonyl (C=O) groups is 1. The first-order chi connectivity index (χ1) is 8.72. The number of aldehydes is 1. The molecule has 0 saturated carbocycles. The van der Waals surface area contributed by atoms with Crippen LogP contribution in [0.3, 0.4) is 0 Å². The first kappa shape index (κ1) is 18.9. The van der Waals surface area contributed by atoms with Gasteiger partial charge in [-0.3, -0.25) is 4.79 Å². The van der Waals surface area contributed by atoms with Crippen molar-refractivity contribution in [3.8, 4) is 0 Å². The van der Waals surface area contributed by atoms with Crippen LogP contribution >= 0.6 is 11.6 Å². The largest absolute Gasteiger partial charge is 0.298 e. The fourth-order valence-electron chi connectivity index (χ4n) is 1.09. The normalized spacial score (nSPS) is 10.8. The zero-order valence-corrected chi connectivity index (χ0v) is 12.6. The Balaban J connectivity index is 0. The molecule has 100 valence electrons. The lowest BCUT2D eigenvalue weighted by Gasteiger charge is -1.95. The van der Waals surface area contributed by atoms with E-state index in [1.54, 1.807) is 18.2 Å². The topological polar surface area (TPSA) is 30.0 Å². The van der Waals surface area contributed by atoms with Gasteiger partial charge in [-0.1, -0.05) is 58.0 Å². The van der Waals surface area contributed by atoms with Gasteiger partial charge in [0.2, 0.25) is 0 Å². The number of rotatable bonds is 2. The number of allylic oxidation sites excluding steroid dienone is 1. The number of hydrogen-bond acceptors (Lipinski definition) is 2. The first-order valence-corrected chi connectivity index (χ1v) is 6.51. The van der Waals surface area contributed by atoms with Gasteiger partial charge in [0.25, 0.3) is 0 Å². The Labute approximate surface area is 115 Å². The van der Waals surface area contributed by atoms with Gasteiger partial charge in [-0.15, -0.1) is 0 Å². The highest BCUT2D eigenvalue weighted by molar-refractivity contribution is 6.31. The summed E-state index contributed by atoms with van der Waals surface area (Å²) < 4.78 is 0. The van der Waals surface area contributed by atoms with Crippen LogP contribution < -0.4 is 10.6 Å². The van der Waals surface area contributed by atoms with Crippen molar-refractivity contribution >= 4 is 30.0 Å². The zero-order chi connectivity index (χ0) is 14.6. The van der Waals surface area contributed by atoms with Crippen LogP contribution in [0.4, 0.5) is 0 Å². The Hall–Kier alpha value is -1.41. The highest BCUT2D eigenvalue weighted by Gasteiger charge is 1.99. The van der Waals surface area contributed by atoms with E-state index < -0.39 is 0 Å². The fraction of sp³-hybridized carbons (Fsp3) is 0.333. The van der Waals surface area contributed by atoms with Crippen LogP contribution in [0.25, 0.3) is 12.2 Å². The monoisotopic (exact) mass is 267 g/mol. The summed E-state index contributed by atoms with van der Waals surface area (Å²) in [5.41, 5.74) is 0.404. The van der Waals surface area contributed by atoms with Crippen LogP contribution in [0, 0.1) is 0 Å². The van der Waals surface area contributed by atoms with Gasteiger partial charge in [0.05, 0.1) is 10.9 Å². The molecule has 0 aliphatic rings. The zero-order valence-electron chi connectivity index (χ0n) is 11.8. The summed E-state index contributed by atoms with van der Waals surface area (Å²) in [7, 11) is 0. The molecule has 0 saturated heterocycles. The number of aromatic nitrogens is 1. The molecule has 0 aliphatic heterocycles. The Morgan fingerprint density at radius 2 is 1.83 bits per heavy atom. The molecule has 2 nitrogen and oxygen atoms in total. The van der Waals surface area contributed by atoms with Crippen molar-refractivity contribution in [3.63, 3.8) is 0 Å². The molecular weight excluding hydrogens is 246 g/mol. The molecule has 1 rings (SSSR count). The van der Waals surface area contributed by atoms with Crippen LogP contribution in [-0.4, -0.2) is 11.3 Å². The van der Waals surface area contributed by atoms with Crippen LogP contribution in [-0.2, 0) is 0 Å². The second kappa shape index (κ2) is 12.1. The molecule has 18 heavy (non-hydrogen) atoms. The summed E-state index contributed by atoms with van der Waals surface area (Å²) in [6.07, 6.45) is 5.94. The maximum atomic E-state index is 10.6. The van der Waals surface area contributed by atoms with Crippen LogP contribution in [0.2, 0.25) is 5.15 Å². The Morgan fingerprint density at radius 1 is 1.28 bits per heavy atom. The maximum Gasteiger partial charge on any atom is 0.153 e. The van der Waals surface area contributed by atoms with Gasteiger partial charge in [0, 0.05) is 0 Å². The minimum Gasteiger partial charge on any atom is -0.298 e. The van der Waals surface area contributed by atoms with E-state index in [9.17, 15) is 4.79 Å². The predicted octanol–water partition coefficient (Wildman–Crippen LogP) is 3.37. The van der Waals surface area contributed by atoms with E-state index >= 15 is 0 Å². The average molecular weight is 268 g/mol. The second-order valence-corrected chi connectivity index (χ2v) is 3.01. The molecule has 1 heterocycles. The molecule has 0 fully saturated rings. The maximum absolute atomic E-state index is 10.6. The Morgan fingerprint density at radius 3 is 2.22 bits per heavy atom. The molecule has 0 bridgehead atoms. The highest BCUT2D eigenvalue weighted by atomic mass is 35.5. The van der Waals surface area contributed by atoms with Crippen molar-refractivity contribution in [2.24, 2.45) is 0 Å². The quantitative estimate of drug-likeness (QED) is 0.607. The third-order valence-electron chi connectivity index (χ3n) is 1.78. The number of pyridine rings is 1. The lowest BCUT2D eigenvalue weighted by Crippen LogP contribution is -2.28. The number of nitrogens with zero attached hydrogens (tertiary/aromatic N) is 1. The number of hydrogen-bond donors (Lipinski definition) is 0. The molecule has 0 spiro atoms. The minimum absolute atomic E-state index is 0.221. The van der Waals surface area contributed by atoms with E-state index in [0.717, 1.165) is 10.6 Å². The van der Waals surface area contributed by atoms with E-state index in [-0.39, 0.29) is 5.15 Å². The van der Waals surface area contributed by atoms with E-state index in [4.69, 9.17) is 11.6 Å². The van der Waals surface area contributed by atoms with Gasteiger partial charge >= 0.3 is 0 Å². The third-order valence-corrected chi connectivity index (χ3v) is 2.08. The number of halogens is 1. The molecular formula is C15H22ClNO. The number of carbonyl (C=O) groups excluding carboxylic acids is 1. The van der Waals surface area contributed by atoms with Crippen molar-refractivity contribution in [1.82, 2.24) is 4.98 Å². The van der Waals surface area contributed by atoms with Gasteiger partial charge in [0.15, 0.2) is 6.29 Å². The lowest BCUT2D eigenvalue weighted by molar-refractivity contribution is 0.112. The fourth-order valence-corrected chi connectivity index (χ4v) is 1.29. The van der Waals surface area contributed by atoms with Gasteiger partial charge in [-0.05, 0) is 24.3 Å². The molecule has 0 amide bonds. The van der Waals surface area contributed by atoms with Crippen molar-refractivity contribution < 1.29 is 4.79 Å². The summed E-state index contributed by atoms with van der Waals surface area (Å²) in [6, 6.07) is 1.71. The first-order valence-electron chi connectivity index (χ1n) is 6.13. The van der Waals surface area contributed by atoms with E-state index in [2.05, 4.69) is 11.6 Å². The van der Waals surface area contributed by atoms with Crippen molar-refractivity contribution in [2.75, 3.05) is 0 Å². The van der Waals surface area contributed by atoms with Gasteiger partial charge < -0.3 is 0 Å². The van der Waals surface area contributed by atoms with E-state index in [0.29, 0.717) is 11.8 Å². The molecule has 0 unspecified atom stereocenters. The summed E-state index contributed by atoms with van der Waals surface area (Å²) in [5.74, 6) is 0. The lowest BCUT2D eigenvalue weighted by atomic mass is 10.2. The van der Waals surface area contributed by atoms with Crippen LogP contribution in [0.1, 0.15) is 45.0 Å². The molecule has 3 heteroatoms. The highest BCUT2D eigenvalue weighted by Crippen LogP contribution is 2.04. The summed E-state index contributed by atoms with van der Waals surface area (Å²) >= 11 is 5.78. The summed E-state index contributed by atoms with van der Waals surface area (Å²) in [5, 5.41) is 1.81. The average Bonchev–Trinajstić information content (AvgIpc) is 2.44. The van der Waals surface area contributed by atoms with Gasteiger partial charge in [-0.2, -0.15) is 0 Å². The predicted molar refractivity (Wildman–Crippen MR) is 81.4 cm³/mol. The molecule has 1 aromatic heterocycles. The molecule has 0 atom stereocenters. The third kappa shape index (κ3) is 5.78. The Bertz CT molecular complexity index is 478. The van der Waals surface area contributed by atoms with E-state index in [1.807, 2.05) is 40.7 Å². The van der Waals surface area contributed by atoms with Crippen molar-refractivity contribution in [3.05, 3.63) is 40.0 Å². The molecule has 0 aliphatic carbocycles. The van der Waals surface area contributed by atoms with E-state index in [1.165, 1.54) is 0 Å². The van der Waals surface area contributed by atoms with Crippen molar-refractivity contribution in [2.45, 2.75) is 34.6 Å². The van der Waals surface area contributed by atoms with Crippen LogP contribution in [0.5, 0.6) is 0 Å². The van der Waals surface area contributed by atoms with Crippen LogP contribution in [0.15, 0.2) is 18.7 Å². The van der Waals surface area contributed by atoms with Crippen molar-refractivity contribution in [1.29, 1.82) is 0 Å². The summed E-state index contributed by atoms with van der Waals surface area (Å²) in [4.78, 5) is 14.7. The van der Waals surface area contributed by atoms with Gasteiger partial charge in [0.1, 0.15) is 5.15 Å². The summed E-state index contributed by atoms with van der Waals surface area (Å²) in [6.45, 7) is 13.5. The second-order valence-electron chi connectivity index (χ2n) is 2.65. The molecule has 0 N–H and O–H groups in total. The smallest absolute Gasteiger partial charge is 0.153 e.